The number of esters is 1. The molecule has 0 bridgehead atoms. The molecule has 2 aromatic rings. The Morgan fingerprint density at radius 1 is 1.03 bits per heavy atom. The minimum Gasteiger partial charge on any atom is -0.495 e. The van der Waals surface area contributed by atoms with Gasteiger partial charge in [-0.05, 0) is 42.0 Å². The first-order valence-corrected chi connectivity index (χ1v) is 11.5. The fourth-order valence-corrected chi connectivity index (χ4v) is 4.45. The summed E-state index contributed by atoms with van der Waals surface area (Å²) in [4.78, 5) is 24.7. The molecular formula is C23H27NO6S. The molecule has 0 aliphatic heterocycles. The Morgan fingerprint density at radius 2 is 1.65 bits per heavy atom. The number of ether oxygens (including phenoxy) is 2. The van der Waals surface area contributed by atoms with Crippen LogP contribution in [0.1, 0.15) is 59.9 Å². The molecule has 1 fully saturated rings. The molecule has 2 aromatic carbocycles. The Labute approximate surface area is 182 Å². The molecule has 0 heterocycles. The van der Waals surface area contributed by atoms with Crippen LogP contribution in [0, 0.1) is 0 Å². The van der Waals surface area contributed by atoms with E-state index in [0.29, 0.717) is 5.56 Å². The maximum absolute atomic E-state index is 12.6. The van der Waals surface area contributed by atoms with Crippen LogP contribution in [-0.4, -0.2) is 39.9 Å². The zero-order chi connectivity index (χ0) is 22.8. The lowest BCUT2D eigenvalue weighted by Crippen LogP contribution is -2.26. The lowest BCUT2D eigenvalue weighted by Gasteiger charge is -2.19. The Hall–Kier alpha value is -2.71. The monoisotopic (exact) mass is 445 g/mol. The molecular weight excluding hydrogens is 418 g/mol. The van der Waals surface area contributed by atoms with Gasteiger partial charge in [0.15, 0.2) is 12.4 Å². The van der Waals surface area contributed by atoms with Gasteiger partial charge in [0.25, 0.3) is 0 Å². The van der Waals surface area contributed by atoms with Crippen molar-refractivity contribution >= 4 is 21.8 Å². The van der Waals surface area contributed by atoms with E-state index in [1.165, 1.54) is 25.3 Å². The van der Waals surface area contributed by atoms with Crippen LogP contribution in [0.4, 0.5) is 0 Å². The maximum Gasteiger partial charge on any atom is 0.338 e. The van der Waals surface area contributed by atoms with Gasteiger partial charge in [0.2, 0.25) is 10.0 Å². The second kappa shape index (κ2) is 8.80. The van der Waals surface area contributed by atoms with E-state index in [4.69, 9.17) is 9.47 Å². The molecule has 1 aliphatic carbocycles. The molecule has 1 saturated carbocycles. The molecule has 0 atom stereocenters. The molecule has 0 saturated heterocycles. The van der Waals surface area contributed by atoms with E-state index in [-0.39, 0.29) is 33.4 Å². The highest BCUT2D eigenvalue weighted by molar-refractivity contribution is 7.89. The van der Waals surface area contributed by atoms with E-state index < -0.39 is 22.6 Å². The zero-order valence-electron chi connectivity index (χ0n) is 18.1. The minimum atomic E-state index is -3.84. The van der Waals surface area contributed by atoms with Crippen LogP contribution in [0.3, 0.4) is 0 Å². The standard InChI is InChI=1S/C23H27NO6S/c1-23(2,3)17-8-5-15(6-9-17)19(25)14-30-22(26)16-7-12-20(29-4)21(13-16)31(27,28)24-18-10-11-18/h5-9,12-13,18,24H,10-11,14H2,1-4H3. The largest absolute Gasteiger partial charge is 0.495 e. The number of nitrogens with one attached hydrogen (secondary N) is 1. The van der Waals surface area contributed by atoms with Crippen molar-refractivity contribution in [1.29, 1.82) is 0 Å². The van der Waals surface area contributed by atoms with Crippen molar-refractivity contribution in [3.8, 4) is 5.75 Å². The summed E-state index contributed by atoms with van der Waals surface area (Å²) in [5.74, 6) is -1.00. The average molecular weight is 446 g/mol. The molecule has 0 unspecified atom stereocenters. The predicted molar refractivity (Wildman–Crippen MR) is 116 cm³/mol. The fourth-order valence-electron chi connectivity index (χ4n) is 2.95. The number of rotatable bonds is 8. The molecule has 0 amide bonds. The number of benzene rings is 2. The van der Waals surface area contributed by atoms with Crippen molar-refractivity contribution in [2.24, 2.45) is 0 Å². The lowest BCUT2D eigenvalue weighted by atomic mass is 9.86. The third kappa shape index (κ3) is 5.71. The van der Waals surface area contributed by atoms with Gasteiger partial charge in [-0.2, -0.15) is 0 Å². The molecule has 1 aliphatic rings. The Bertz CT molecular complexity index is 1080. The number of methoxy groups -OCH3 is 1. The van der Waals surface area contributed by atoms with Gasteiger partial charge in [-0.15, -0.1) is 0 Å². The topological polar surface area (TPSA) is 98.8 Å². The molecule has 3 rings (SSSR count). The van der Waals surface area contributed by atoms with Gasteiger partial charge >= 0.3 is 5.97 Å². The Kier molecular flexibility index (Phi) is 6.52. The number of Topliss-reactive ketones (excluding diaryl/α,β-unsaturated/α-hetero) is 1. The van der Waals surface area contributed by atoms with Gasteiger partial charge in [0.05, 0.1) is 12.7 Å². The summed E-state index contributed by atoms with van der Waals surface area (Å²) in [6, 6.07) is 11.1. The van der Waals surface area contributed by atoms with Crippen LogP contribution < -0.4 is 9.46 Å². The Balaban J connectivity index is 1.70. The third-order valence-corrected chi connectivity index (χ3v) is 6.54. The molecule has 7 nitrogen and oxygen atoms in total. The number of hydrogen-bond donors (Lipinski definition) is 1. The van der Waals surface area contributed by atoms with Crippen molar-refractivity contribution in [3.05, 3.63) is 59.2 Å². The summed E-state index contributed by atoms with van der Waals surface area (Å²) in [5.41, 5.74) is 1.52. The van der Waals surface area contributed by atoms with Gasteiger partial charge < -0.3 is 9.47 Å². The van der Waals surface area contributed by atoms with Crippen LogP contribution in [0.5, 0.6) is 5.75 Å². The molecule has 31 heavy (non-hydrogen) atoms. The van der Waals surface area contributed by atoms with Crippen molar-refractivity contribution in [1.82, 2.24) is 4.72 Å². The van der Waals surface area contributed by atoms with Crippen LogP contribution in [0.2, 0.25) is 0 Å². The summed E-state index contributed by atoms with van der Waals surface area (Å²) >= 11 is 0. The molecule has 166 valence electrons. The van der Waals surface area contributed by atoms with Crippen LogP contribution in [0.15, 0.2) is 47.4 Å². The van der Waals surface area contributed by atoms with Crippen molar-refractivity contribution in [2.75, 3.05) is 13.7 Å². The normalized spacial score (nSPS) is 14.2. The highest BCUT2D eigenvalue weighted by atomic mass is 32.2. The summed E-state index contributed by atoms with van der Waals surface area (Å²) in [6.07, 6.45) is 1.56. The van der Waals surface area contributed by atoms with Gasteiger partial charge in [0, 0.05) is 11.6 Å². The molecule has 8 heteroatoms. The summed E-state index contributed by atoms with van der Waals surface area (Å²) in [6.45, 7) is 5.79. The van der Waals surface area contributed by atoms with Crippen LogP contribution in [-0.2, 0) is 20.2 Å². The van der Waals surface area contributed by atoms with E-state index in [1.807, 2.05) is 12.1 Å². The molecule has 0 aromatic heterocycles. The first kappa shape index (κ1) is 23.0. The second-order valence-corrected chi connectivity index (χ2v) is 10.3. The minimum absolute atomic E-state index is 0.0212. The number of carbonyl (C=O) groups is 2. The van der Waals surface area contributed by atoms with Gasteiger partial charge in [-0.1, -0.05) is 45.0 Å². The van der Waals surface area contributed by atoms with Gasteiger partial charge in [-0.25, -0.2) is 17.9 Å². The van der Waals surface area contributed by atoms with E-state index >= 15 is 0 Å². The predicted octanol–water partition coefficient (Wildman–Crippen LogP) is 3.47. The summed E-state index contributed by atoms with van der Waals surface area (Å²) < 4.78 is 38.0. The number of sulfonamides is 1. The quantitative estimate of drug-likeness (QED) is 0.493. The summed E-state index contributed by atoms with van der Waals surface area (Å²) in [7, 11) is -2.48. The highest BCUT2D eigenvalue weighted by Crippen LogP contribution is 2.28. The zero-order valence-corrected chi connectivity index (χ0v) is 18.9. The van der Waals surface area contributed by atoms with E-state index in [9.17, 15) is 18.0 Å². The third-order valence-electron chi connectivity index (χ3n) is 5.00. The number of carbonyl (C=O) groups excluding carboxylic acids is 2. The summed E-state index contributed by atoms with van der Waals surface area (Å²) in [5, 5.41) is 0. The van der Waals surface area contributed by atoms with E-state index in [0.717, 1.165) is 18.4 Å². The molecule has 0 spiro atoms. The fraction of sp³-hybridized carbons (Fsp3) is 0.391. The van der Waals surface area contributed by atoms with Crippen LogP contribution in [0.25, 0.3) is 0 Å². The Morgan fingerprint density at radius 3 is 2.19 bits per heavy atom. The van der Waals surface area contributed by atoms with Crippen LogP contribution >= 0.6 is 0 Å². The number of hydrogen-bond acceptors (Lipinski definition) is 6. The average Bonchev–Trinajstić information content (AvgIpc) is 3.54. The smallest absolute Gasteiger partial charge is 0.338 e. The van der Waals surface area contributed by atoms with E-state index in [2.05, 4.69) is 25.5 Å². The van der Waals surface area contributed by atoms with E-state index in [1.54, 1.807) is 12.1 Å². The van der Waals surface area contributed by atoms with Crippen molar-refractivity contribution in [2.45, 2.75) is 50.0 Å². The highest BCUT2D eigenvalue weighted by Gasteiger charge is 2.30. The van der Waals surface area contributed by atoms with Gasteiger partial charge in [-0.3, -0.25) is 4.79 Å². The first-order chi connectivity index (χ1) is 14.5. The maximum atomic E-state index is 12.6. The van der Waals surface area contributed by atoms with Crippen molar-refractivity contribution in [3.63, 3.8) is 0 Å². The molecule has 0 radical (unpaired) electrons. The van der Waals surface area contributed by atoms with Crippen molar-refractivity contribution < 1.29 is 27.5 Å². The number of ketones is 1. The first-order valence-electron chi connectivity index (χ1n) is 10.0. The SMILES string of the molecule is COc1ccc(C(=O)OCC(=O)c2ccc(C(C)(C)C)cc2)cc1S(=O)(=O)NC1CC1. The second-order valence-electron chi connectivity index (χ2n) is 8.59. The van der Waals surface area contributed by atoms with Gasteiger partial charge in [0.1, 0.15) is 10.6 Å². The molecule has 1 N–H and O–H groups in total. The lowest BCUT2D eigenvalue weighted by molar-refractivity contribution is 0.0474.